The van der Waals surface area contributed by atoms with Crippen molar-refractivity contribution in [3.63, 3.8) is 0 Å². The third-order valence-corrected chi connectivity index (χ3v) is 2.01. The van der Waals surface area contributed by atoms with Crippen molar-refractivity contribution in [2.45, 2.75) is 20.8 Å². The van der Waals surface area contributed by atoms with Gasteiger partial charge >= 0.3 is 0 Å². The van der Waals surface area contributed by atoms with E-state index in [9.17, 15) is 14.4 Å². The van der Waals surface area contributed by atoms with Crippen LogP contribution in [0.1, 0.15) is 52.0 Å². The zero-order chi connectivity index (χ0) is 11.6. The second-order valence-electron chi connectivity index (χ2n) is 3.29. The molecule has 0 saturated carbocycles. The number of nitrogens with zero attached hydrogens (tertiary/aromatic N) is 1. The molecule has 1 aromatic rings. The van der Waals surface area contributed by atoms with E-state index in [0.29, 0.717) is 5.56 Å². The Labute approximate surface area is 87.3 Å². The van der Waals surface area contributed by atoms with E-state index in [1.54, 1.807) is 0 Å². The minimum atomic E-state index is -0.282. The van der Waals surface area contributed by atoms with Crippen molar-refractivity contribution < 1.29 is 14.4 Å². The molecule has 0 N–H and O–H groups in total. The standard InChI is InChI=1S/C11H11NO3/c1-6(13)9-4-10(7(2)14)11(8(3)15)12-5-9/h4-5H,1-3H3. The first-order valence-corrected chi connectivity index (χ1v) is 4.46. The Balaban J connectivity index is 3.40. The molecular formula is C11H11NO3. The molecule has 1 rings (SSSR count). The summed E-state index contributed by atoms with van der Waals surface area (Å²) in [6, 6.07) is 1.41. The van der Waals surface area contributed by atoms with Crippen molar-refractivity contribution in [1.29, 1.82) is 0 Å². The summed E-state index contributed by atoms with van der Waals surface area (Å²) in [5, 5.41) is 0. The lowest BCUT2D eigenvalue weighted by atomic mass is 10.0. The van der Waals surface area contributed by atoms with E-state index < -0.39 is 0 Å². The van der Waals surface area contributed by atoms with Gasteiger partial charge in [0.05, 0.1) is 0 Å². The van der Waals surface area contributed by atoms with Crippen LogP contribution in [0.5, 0.6) is 0 Å². The topological polar surface area (TPSA) is 64.1 Å². The van der Waals surface area contributed by atoms with Gasteiger partial charge in [-0.1, -0.05) is 0 Å². The molecule has 0 aliphatic carbocycles. The average Bonchev–Trinajstić information content (AvgIpc) is 2.16. The molecule has 0 atom stereocenters. The van der Waals surface area contributed by atoms with Gasteiger partial charge in [-0.25, -0.2) is 0 Å². The van der Waals surface area contributed by atoms with E-state index in [0.717, 1.165) is 0 Å². The van der Waals surface area contributed by atoms with E-state index in [4.69, 9.17) is 0 Å². The summed E-state index contributed by atoms with van der Waals surface area (Å²) < 4.78 is 0. The third kappa shape index (κ3) is 2.34. The Morgan fingerprint density at radius 1 is 1.00 bits per heavy atom. The van der Waals surface area contributed by atoms with Gasteiger partial charge in [0.25, 0.3) is 0 Å². The number of carbonyl (C=O) groups is 3. The zero-order valence-electron chi connectivity index (χ0n) is 8.83. The van der Waals surface area contributed by atoms with Crippen LogP contribution in [-0.4, -0.2) is 22.3 Å². The Morgan fingerprint density at radius 2 is 1.60 bits per heavy atom. The summed E-state index contributed by atoms with van der Waals surface area (Å²) >= 11 is 0. The van der Waals surface area contributed by atoms with E-state index in [1.165, 1.54) is 33.0 Å². The molecule has 0 saturated heterocycles. The zero-order valence-corrected chi connectivity index (χ0v) is 8.83. The first-order chi connectivity index (χ1) is 6.93. The van der Waals surface area contributed by atoms with Crippen LogP contribution in [0, 0.1) is 0 Å². The van der Waals surface area contributed by atoms with Gasteiger partial charge < -0.3 is 0 Å². The van der Waals surface area contributed by atoms with Crippen LogP contribution < -0.4 is 0 Å². The monoisotopic (exact) mass is 205 g/mol. The van der Waals surface area contributed by atoms with Crippen molar-refractivity contribution in [3.05, 3.63) is 29.1 Å². The predicted octanol–water partition coefficient (Wildman–Crippen LogP) is 1.69. The van der Waals surface area contributed by atoms with Crippen molar-refractivity contribution in [2.24, 2.45) is 0 Å². The number of ketones is 3. The molecule has 4 nitrogen and oxygen atoms in total. The highest BCUT2D eigenvalue weighted by Crippen LogP contribution is 2.11. The van der Waals surface area contributed by atoms with Crippen LogP contribution in [0.15, 0.2) is 12.3 Å². The van der Waals surface area contributed by atoms with Crippen LogP contribution in [0.3, 0.4) is 0 Å². The highest BCUT2D eigenvalue weighted by molar-refractivity contribution is 6.07. The normalized spacial score (nSPS) is 9.80. The smallest absolute Gasteiger partial charge is 0.178 e. The fourth-order valence-electron chi connectivity index (χ4n) is 1.21. The largest absolute Gasteiger partial charge is 0.294 e. The van der Waals surface area contributed by atoms with Crippen LogP contribution >= 0.6 is 0 Å². The molecule has 78 valence electrons. The van der Waals surface area contributed by atoms with Crippen molar-refractivity contribution in [1.82, 2.24) is 4.98 Å². The van der Waals surface area contributed by atoms with Crippen LogP contribution in [0.2, 0.25) is 0 Å². The summed E-state index contributed by atoms with van der Waals surface area (Å²) in [5.41, 5.74) is 0.660. The molecule has 0 fully saturated rings. The summed E-state index contributed by atoms with van der Waals surface area (Å²) in [4.78, 5) is 37.3. The fraction of sp³-hybridized carbons (Fsp3) is 0.273. The molecule has 1 aromatic heterocycles. The van der Waals surface area contributed by atoms with Gasteiger partial charge in [0.15, 0.2) is 17.3 Å². The Kier molecular flexibility index (Phi) is 3.09. The minimum absolute atomic E-state index is 0.118. The lowest BCUT2D eigenvalue weighted by Gasteiger charge is -2.03. The number of rotatable bonds is 3. The molecule has 4 heteroatoms. The number of hydrogen-bond acceptors (Lipinski definition) is 4. The van der Waals surface area contributed by atoms with Gasteiger partial charge in [0.2, 0.25) is 0 Å². The molecular weight excluding hydrogens is 194 g/mol. The highest BCUT2D eigenvalue weighted by atomic mass is 16.1. The van der Waals surface area contributed by atoms with Crippen molar-refractivity contribution in [2.75, 3.05) is 0 Å². The van der Waals surface area contributed by atoms with E-state index >= 15 is 0 Å². The van der Waals surface area contributed by atoms with E-state index in [-0.39, 0.29) is 28.6 Å². The fourth-order valence-corrected chi connectivity index (χ4v) is 1.21. The molecule has 0 aromatic carbocycles. The molecule has 0 aliphatic rings. The predicted molar refractivity (Wildman–Crippen MR) is 54.3 cm³/mol. The van der Waals surface area contributed by atoms with Crippen LogP contribution in [0.4, 0.5) is 0 Å². The molecule has 1 heterocycles. The second kappa shape index (κ2) is 4.13. The average molecular weight is 205 g/mol. The van der Waals surface area contributed by atoms with Crippen LogP contribution in [-0.2, 0) is 0 Å². The van der Waals surface area contributed by atoms with Gasteiger partial charge in [-0.05, 0) is 19.9 Å². The second-order valence-corrected chi connectivity index (χ2v) is 3.29. The highest BCUT2D eigenvalue weighted by Gasteiger charge is 2.14. The molecule has 0 aliphatic heterocycles. The van der Waals surface area contributed by atoms with Gasteiger partial charge in [0.1, 0.15) is 5.69 Å². The van der Waals surface area contributed by atoms with Crippen molar-refractivity contribution >= 4 is 17.3 Å². The lowest BCUT2D eigenvalue weighted by molar-refractivity contribution is 0.0975. The number of pyridine rings is 1. The molecule has 0 spiro atoms. The number of Topliss-reactive ketones (excluding diaryl/α,β-unsaturated/α-hetero) is 3. The lowest BCUT2D eigenvalue weighted by Crippen LogP contribution is -2.09. The summed E-state index contributed by atoms with van der Waals surface area (Å²) in [6.07, 6.45) is 1.31. The van der Waals surface area contributed by atoms with Crippen molar-refractivity contribution in [3.8, 4) is 0 Å². The summed E-state index contributed by atoms with van der Waals surface area (Å²) in [7, 11) is 0. The van der Waals surface area contributed by atoms with Gasteiger partial charge in [-0.2, -0.15) is 0 Å². The minimum Gasteiger partial charge on any atom is -0.294 e. The maximum atomic E-state index is 11.2. The molecule has 15 heavy (non-hydrogen) atoms. The SMILES string of the molecule is CC(=O)c1cnc(C(C)=O)c(C(C)=O)c1. The number of aromatic nitrogens is 1. The Morgan fingerprint density at radius 3 is 2.00 bits per heavy atom. The first kappa shape index (κ1) is 11.2. The Hall–Kier alpha value is -1.84. The van der Waals surface area contributed by atoms with Gasteiger partial charge in [-0.3, -0.25) is 19.4 Å². The van der Waals surface area contributed by atoms with E-state index in [1.807, 2.05) is 0 Å². The Bertz CT molecular complexity index is 449. The summed E-state index contributed by atoms with van der Waals surface area (Å²) in [5.74, 6) is -0.730. The quantitative estimate of drug-likeness (QED) is 0.704. The van der Waals surface area contributed by atoms with Gasteiger partial charge in [0, 0.05) is 24.2 Å². The first-order valence-electron chi connectivity index (χ1n) is 4.46. The van der Waals surface area contributed by atoms with Crippen LogP contribution in [0.25, 0.3) is 0 Å². The number of hydrogen-bond donors (Lipinski definition) is 0. The molecule has 0 amide bonds. The maximum Gasteiger partial charge on any atom is 0.178 e. The molecule has 0 bridgehead atoms. The molecule has 0 unspecified atom stereocenters. The molecule has 0 radical (unpaired) electrons. The summed E-state index contributed by atoms with van der Waals surface area (Å²) in [6.45, 7) is 4.06. The third-order valence-electron chi connectivity index (χ3n) is 2.01. The van der Waals surface area contributed by atoms with Gasteiger partial charge in [-0.15, -0.1) is 0 Å². The number of carbonyl (C=O) groups excluding carboxylic acids is 3. The maximum absolute atomic E-state index is 11.2. The van der Waals surface area contributed by atoms with E-state index in [2.05, 4.69) is 4.98 Å².